The molecule has 0 saturated heterocycles. The van der Waals surface area contributed by atoms with Crippen LogP contribution in [0.2, 0.25) is 0 Å². The standard InChI is InChI=1S/C10H10BrN/c1-2-3-8-4-9(7-12)6-10(11)5-8/h4-6H,2-3H2,1H3. The van der Waals surface area contributed by atoms with Gasteiger partial charge in [0.05, 0.1) is 11.6 Å². The average molecular weight is 224 g/mol. The molecule has 1 aromatic rings. The van der Waals surface area contributed by atoms with Gasteiger partial charge in [-0.15, -0.1) is 0 Å². The Bertz CT molecular complexity index is 312. The SMILES string of the molecule is CCCc1cc(Br)cc(C#N)c1. The summed E-state index contributed by atoms with van der Waals surface area (Å²) < 4.78 is 0.991. The summed E-state index contributed by atoms with van der Waals surface area (Å²) in [6.07, 6.45) is 2.15. The minimum atomic E-state index is 0.729. The number of benzene rings is 1. The van der Waals surface area contributed by atoms with Gasteiger partial charge in [-0.05, 0) is 30.2 Å². The Hall–Kier alpha value is -0.810. The summed E-state index contributed by atoms with van der Waals surface area (Å²) in [7, 11) is 0. The van der Waals surface area contributed by atoms with E-state index in [0.717, 1.165) is 22.9 Å². The van der Waals surface area contributed by atoms with E-state index >= 15 is 0 Å². The first kappa shape index (κ1) is 9.28. The Kier molecular flexibility index (Phi) is 3.31. The summed E-state index contributed by atoms with van der Waals surface area (Å²) >= 11 is 3.37. The Labute approximate surface area is 81.2 Å². The monoisotopic (exact) mass is 223 g/mol. The molecule has 0 saturated carbocycles. The molecule has 1 aromatic carbocycles. The minimum Gasteiger partial charge on any atom is -0.192 e. The molecular weight excluding hydrogens is 214 g/mol. The van der Waals surface area contributed by atoms with Crippen molar-refractivity contribution in [2.24, 2.45) is 0 Å². The van der Waals surface area contributed by atoms with E-state index in [0.29, 0.717) is 0 Å². The quantitative estimate of drug-likeness (QED) is 0.756. The second-order valence-electron chi connectivity index (χ2n) is 2.71. The van der Waals surface area contributed by atoms with E-state index in [2.05, 4.69) is 35.0 Å². The molecule has 0 radical (unpaired) electrons. The molecule has 1 nitrogen and oxygen atoms in total. The van der Waals surface area contributed by atoms with Crippen molar-refractivity contribution in [3.8, 4) is 6.07 Å². The molecule has 0 amide bonds. The second-order valence-corrected chi connectivity index (χ2v) is 3.63. The minimum absolute atomic E-state index is 0.729. The van der Waals surface area contributed by atoms with Crippen LogP contribution in [0.25, 0.3) is 0 Å². The zero-order chi connectivity index (χ0) is 8.97. The third-order valence-corrected chi connectivity index (χ3v) is 2.08. The highest BCUT2D eigenvalue weighted by Crippen LogP contribution is 2.16. The summed E-state index contributed by atoms with van der Waals surface area (Å²) in [4.78, 5) is 0. The van der Waals surface area contributed by atoms with Gasteiger partial charge in [-0.3, -0.25) is 0 Å². The molecule has 0 aliphatic rings. The van der Waals surface area contributed by atoms with E-state index in [1.165, 1.54) is 5.56 Å². The number of hydrogen-bond acceptors (Lipinski definition) is 1. The maximum absolute atomic E-state index is 8.68. The van der Waals surface area contributed by atoms with E-state index in [1.54, 1.807) is 0 Å². The number of halogens is 1. The summed E-state index contributed by atoms with van der Waals surface area (Å²) in [5.41, 5.74) is 1.95. The van der Waals surface area contributed by atoms with Crippen LogP contribution in [0.4, 0.5) is 0 Å². The third kappa shape index (κ3) is 2.35. The van der Waals surface area contributed by atoms with Gasteiger partial charge in [0.2, 0.25) is 0 Å². The summed E-state index contributed by atoms with van der Waals surface area (Å²) in [5.74, 6) is 0. The normalized spacial score (nSPS) is 9.42. The topological polar surface area (TPSA) is 23.8 Å². The number of nitrogens with zero attached hydrogens (tertiary/aromatic N) is 1. The summed E-state index contributed by atoms with van der Waals surface area (Å²) in [6, 6.07) is 7.97. The maximum Gasteiger partial charge on any atom is 0.0992 e. The molecule has 0 aliphatic heterocycles. The molecule has 0 spiro atoms. The number of aryl methyl sites for hydroxylation is 1. The molecule has 0 bridgehead atoms. The zero-order valence-corrected chi connectivity index (χ0v) is 8.56. The number of hydrogen-bond donors (Lipinski definition) is 0. The van der Waals surface area contributed by atoms with Crippen molar-refractivity contribution in [3.05, 3.63) is 33.8 Å². The van der Waals surface area contributed by atoms with Crippen LogP contribution in [-0.4, -0.2) is 0 Å². The highest BCUT2D eigenvalue weighted by Gasteiger charge is 1.97. The Morgan fingerprint density at radius 3 is 2.75 bits per heavy atom. The molecular formula is C10H10BrN. The summed E-state index contributed by atoms with van der Waals surface area (Å²) in [6.45, 7) is 2.13. The van der Waals surface area contributed by atoms with E-state index in [-0.39, 0.29) is 0 Å². The van der Waals surface area contributed by atoms with Crippen LogP contribution in [0.1, 0.15) is 24.5 Å². The second kappa shape index (κ2) is 4.27. The van der Waals surface area contributed by atoms with Gasteiger partial charge in [0, 0.05) is 4.47 Å². The van der Waals surface area contributed by atoms with Gasteiger partial charge in [0.1, 0.15) is 0 Å². The van der Waals surface area contributed by atoms with E-state index in [1.807, 2.05) is 12.1 Å². The average Bonchev–Trinajstić information content (AvgIpc) is 2.04. The van der Waals surface area contributed by atoms with Gasteiger partial charge in [0.25, 0.3) is 0 Å². The van der Waals surface area contributed by atoms with Gasteiger partial charge in [-0.1, -0.05) is 29.3 Å². The predicted molar refractivity (Wildman–Crippen MR) is 52.9 cm³/mol. The molecule has 0 aliphatic carbocycles. The summed E-state index contributed by atoms with van der Waals surface area (Å²) in [5, 5.41) is 8.68. The third-order valence-electron chi connectivity index (χ3n) is 1.63. The van der Waals surface area contributed by atoms with Crippen molar-refractivity contribution < 1.29 is 0 Å². The molecule has 0 atom stereocenters. The lowest BCUT2D eigenvalue weighted by atomic mass is 10.1. The van der Waals surface area contributed by atoms with Crippen molar-refractivity contribution in [1.82, 2.24) is 0 Å². The first-order valence-electron chi connectivity index (χ1n) is 3.96. The fourth-order valence-electron chi connectivity index (χ4n) is 1.15. The van der Waals surface area contributed by atoms with Crippen molar-refractivity contribution in [2.75, 3.05) is 0 Å². The number of nitriles is 1. The molecule has 0 fully saturated rings. The van der Waals surface area contributed by atoms with Crippen molar-refractivity contribution >= 4 is 15.9 Å². The van der Waals surface area contributed by atoms with Gasteiger partial charge in [-0.2, -0.15) is 5.26 Å². The zero-order valence-electron chi connectivity index (χ0n) is 6.97. The molecule has 0 aromatic heterocycles. The highest BCUT2D eigenvalue weighted by atomic mass is 79.9. The van der Waals surface area contributed by atoms with E-state index < -0.39 is 0 Å². The van der Waals surface area contributed by atoms with Crippen LogP contribution in [0, 0.1) is 11.3 Å². The molecule has 0 unspecified atom stereocenters. The van der Waals surface area contributed by atoms with E-state index in [4.69, 9.17) is 5.26 Å². The van der Waals surface area contributed by atoms with Crippen molar-refractivity contribution in [2.45, 2.75) is 19.8 Å². The molecule has 1 rings (SSSR count). The molecule has 12 heavy (non-hydrogen) atoms. The molecule has 62 valence electrons. The van der Waals surface area contributed by atoms with Gasteiger partial charge in [0.15, 0.2) is 0 Å². The van der Waals surface area contributed by atoms with Crippen LogP contribution in [-0.2, 0) is 6.42 Å². The van der Waals surface area contributed by atoms with Gasteiger partial charge < -0.3 is 0 Å². The van der Waals surface area contributed by atoms with Gasteiger partial charge >= 0.3 is 0 Å². The van der Waals surface area contributed by atoms with Crippen LogP contribution in [0.5, 0.6) is 0 Å². The maximum atomic E-state index is 8.68. The molecule has 0 N–H and O–H groups in total. The lowest BCUT2D eigenvalue weighted by Crippen LogP contribution is -1.85. The van der Waals surface area contributed by atoms with E-state index in [9.17, 15) is 0 Å². The first-order chi connectivity index (χ1) is 5.76. The highest BCUT2D eigenvalue weighted by molar-refractivity contribution is 9.10. The lowest BCUT2D eigenvalue weighted by molar-refractivity contribution is 0.920. The largest absolute Gasteiger partial charge is 0.192 e. The smallest absolute Gasteiger partial charge is 0.0992 e. The van der Waals surface area contributed by atoms with Crippen molar-refractivity contribution in [1.29, 1.82) is 5.26 Å². The Balaban J connectivity index is 3.00. The van der Waals surface area contributed by atoms with Crippen LogP contribution in [0.15, 0.2) is 22.7 Å². The van der Waals surface area contributed by atoms with Crippen LogP contribution < -0.4 is 0 Å². The van der Waals surface area contributed by atoms with Crippen LogP contribution >= 0.6 is 15.9 Å². The fourth-order valence-corrected chi connectivity index (χ4v) is 1.69. The molecule has 2 heteroatoms. The fraction of sp³-hybridized carbons (Fsp3) is 0.300. The Morgan fingerprint density at radius 1 is 1.42 bits per heavy atom. The van der Waals surface area contributed by atoms with Crippen LogP contribution in [0.3, 0.4) is 0 Å². The predicted octanol–water partition coefficient (Wildman–Crippen LogP) is 3.27. The lowest BCUT2D eigenvalue weighted by Gasteiger charge is -1.99. The van der Waals surface area contributed by atoms with Crippen molar-refractivity contribution in [3.63, 3.8) is 0 Å². The van der Waals surface area contributed by atoms with Gasteiger partial charge in [-0.25, -0.2) is 0 Å². The first-order valence-corrected chi connectivity index (χ1v) is 4.75. The molecule has 0 heterocycles. The number of rotatable bonds is 2. The Morgan fingerprint density at radius 2 is 2.17 bits per heavy atom.